The van der Waals surface area contributed by atoms with E-state index in [-0.39, 0.29) is 0 Å². The average molecular weight is 329 g/mol. The number of benzene rings is 1. The molecule has 0 saturated heterocycles. The molecular formula is C13H15BrClN3. The molecule has 0 atom stereocenters. The molecule has 1 heterocycles. The number of rotatable bonds is 4. The fourth-order valence-corrected chi connectivity index (χ4v) is 2.47. The van der Waals surface area contributed by atoms with Crippen molar-refractivity contribution in [3.63, 3.8) is 0 Å². The van der Waals surface area contributed by atoms with Crippen molar-refractivity contribution < 1.29 is 0 Å². The SMILES string of the molecule is CCc1nc(CC)n(-c2ccc(Cl)cc2CBr)n1. The number of aryl methyl sites for hydroxylation is 2. The van der Waals surface area contributed by atoms with Crippen LogP contribution in [0.2, 0.25) is 5.02 Å². The van der Waals surface area contributed by atoms with E-state index in [9.17, 15) is 0 Å². The van der Waals surface area contributed by atoms with Gasteiger partial charge in [0.1, 0.15) is 5.82 Å². The first-order valence-electron chi connectivity index (χ1n) is 5.99. The fraction of sp³-hybridized carbons (Fsp3) is 0.385. The highest BCUT2D eigenvalue weighted by molar-refractivity contribution is 9.08. The highest BCUT2D eigenvalue weighted by Crippen LogP contribution is 2.22. The second-order valence-corrected chi connectivity index (χ2v) is 4.97. The van der Waals surface area contributed by atoms with E-state index in [0.29, 0.717) is 0 Å². The Morgan fingerprint density at radius 3 is 2.67 bits per heavy atom. The molecule has 0 unspecified atom stereocenters. The van der Waals surface area contributed by atoms with Crippen molar-refractivity contribution in [3.8, 4) is 5.69 Å². The smallest absolute Gasteiger partial charge is 0.151 e. The number of aromatic nitrogens is 3. The van der Waals surface area contributed by atoms with Gasteiger partial charge in [0.25, 0.3) is 0 Å². The largest absolute Gasteiger partial charge is 0.217 e. The average Bonchev–Trinajstić information content (AvgIpc) is 2.81. The van der Waals surface area contributed by atoms with Crippen LogP contribution >= 0.6 is 27.5 Å². The van der Waals surface area contributed by atoms with E-state index in [0.717, 1.165) is 46.1 Å². The minimum absolute atomic E-state index is 0.738. The van der Waals surface area contributed by atoms with E-state index in [1.54, 1.807) is 0 Å². The van der Waals surface area contributed by atoms with Crippen LogP contribution in [-0.2, 0) is 18.2 Å². The molecule has 0 amide bonds. The minimum atomic E-state index is 0.738. The van der Waals surface area contributed by atoms with Crippen LogP contribution in [-0.4, -0.2) is 14.8 Å². The molecule has 0 saturated carbocycles. The number of halogens is 2. The Kier molecular flexibility index (Phi) is 4.40. The second kappa shape index (κ2) is 5.85. The molecule has 0 bridgehead atoms. The van der Waals surface area contributed by atoms with Crippen LogP contribution in [0.3, 0.4) is 0 Å². The summed E-state index contributed by atoms with van der Waals surface area (Å²) >= 11 is 9.51. The van der Waals surface area contributed by atoms with Crippen LogP contribution in [0.25, 0.3) is 5.69 Å². The van der Waals surface area contributed by atoms with Crippen LogP contribution < -0.4 is 0 Å². The van der Waals surface area contributed by atoms with Gasteiger partial charge in [-0.15, -0.1) is 0 Å². The van der Waals surface area contributed by atoms with Gasteiger partial charge in [-0.2, -0.15) is 5.10 Å². The third-order valence-electron chi connectivity index (χ3n) is 2.76. The van der Waals surface area contributed by atoms with Gasteiger partial charge < -0.3 is 0 Å². The number of alkyl halides is 1. The standard InChI is InChI=1S/C13H15BrClN3/c1-3-12-16-13(4-2)18(17-12)11-6-5-10(15)7-9(11)8-14/h5-7H,3-4,8H2,1-2H3. The zero-order valence-corrected chi connectivity index (χ0v) is 12.8. The Balaban J connectivity index is 2.56. The first kappa shape index (κ1) is 13.6. The van der Waals surface area contributed by atoms with Crippen molar-refractivity contribution in [1.82, 2.24) is 14.8 Å². The Bertz CT molecular complexity index is 551. The molecule has 2 aromatic rings. The van der Waals surface area contributed by atoms with Crippen molar-refractivity contribution in [1.29, 1.82) is 0 Å². The van der Waals surface area contributed by atoms with Gasteiger partial charge in [0, 0.05) is 23.2 Å². The predicted molar refractivity (Wildman–Crippen MR) is 77.8 cm³/mol. The normalized spacial score (nSPS) is 10.9. The molecular weight excluding hydrogens is 314 g/mol. The van der Waals surface area contributed by atoms with Crippen LogP contribution in [0.5, 0.6) is 0 Å². The summed E-state index contributed by atoms with van der Waals surface area (Å²) in [6.07, 6.45) is 1.70. The predicted octanol–water partition coefficient (Wildman–Crippen LogP) is 3.94. The van der Waals surface area contributed by atoms with Gasteiger partial charge in [-0.1, -0.05) is 41.4 Å². The zero-order valence-electron chi connectivity index (χ0n) is 10.5. The van der Waals surface area contributed by atoms with E-state index >= 15 is 0 Å². The maximum Gasteiger partial charge on any atom is 0.151 e. The van der Waals surface area contributed by atoms with Gasteiger partial charge in [0.15, 0.2) is 5.82 Å². The molecule has 96 valence electrons. The summed E-state index contributed by atoms with van der Waals surface area (Å²) in [5, 5.41) is 6.03. The van der Waals surface area contributed by atoms with E-state index in [2.05, 4.69) is 39.9 Å². The molecule has 0 radical (unpaired) electrons. The highest BCUT2D eigenvalue weighted by Gasteiger charge is 2.12. The molecule has 0 aliphatic rings. The van der Waals surface area contributed by atoms with Crippen LogP contribution in [0.4, 0.5) is 0 Å². The van der Waals surface area contributed by atoms with Crippen LogP contribution in [0.1, 0.15) is 31.1 Å². The van der Waals surface area contributed by atoms with Gasteiger partial charge in [-0.25, -0.2) is 9.67 Å². The molecule has 0 aliphatic heterocycles. The monoisotopic (exact) mass is 327 g/mol. The Labute approximate surface area is 120 Å². The summed E-state index contributed by atoms with van der Waals surface area (Å²) in [5.74, 6) is 1.86. The lowest BCUT2D eigenvalue weighted by Gasteiger charge is -2.09. The van der Waals surface area contributed by atoms with Crippen molar-refractivity contribution in [2.75, 3.05) is 0 Å². The Morgan fingerprint density at radius 1 is 1.28 bits per heavy atom. The molecule has 5 heteroatoms. The molecule has 1 aromatic carbocycles. The lowest BCUT2D eigenvalue weighted by atomic mass is 10.2. The quantitative estimate of drug-likeness (QED) is 0.796. The third-order valence-corrected chi connectivity index (χ3v) is 3.60. The van der Waals surface area contributed by atoms with Crippen LogP contribution in [0.15, 0.2) is 18.2 Å². The molecule has 3 nitrogen and oxygen atoms in total. The lowest BCUT2D eigenvalue weighted by Crippen LogP contribution is -2.05. The molecule has 0 aliphatic carbocycles. The number of nitrogens with zero attached hydrogens (tertiary/aromatic N) is 3. The summed E-state index contributed by atoms with van der Waals surface area (Å²) in [7, 11) is 0. The van der Waals surface area contributed by atoms with E-state index in [4.69, 9.17) is 11.6 Å². The van der Waals surface area contributed by atoms with Gasteiger partial charge in [-0.3, -0.25) is 0 Å². The van der Waals surface area contributed by atoms with Crippen LogP contribution in [0, 0.1) is 0 Å². The first-order valence-corrected chi connectivity index (χ1v) is 7.49. The fourth-order valence-electron chi connectivity index (χ4n) is 1.83. The summed E-state index contributed by atoms with van der Waals surface area (Å²) in [5.41, 5.74) is 2.16. The molecule has 2 rings (SSSR count). The minimum Gasteiger partial charge on any atom is -0.217 e. The van der Waals surface area contributed by atoms with Crippen molar-refractivity contribution >= 4 is 27.5 Å². The molecule has 18 heavy (non-hydrogen) atoms. The van der Waals surface area contributed by atoms with E-state index < -0.39 is 0 Å². The van der Waals surface area contributed by atoms with Crippen molar-refractivity contribution in [2.45, 2.75) is 32.0 Å². The highest BCUT2D eigenvalue weighted by atomic mass is 79.9. The van der Waals surface area contributed by atoms with E-state index in [1.165, 1.54) is 0 Å². The Hall–Kier alpha value is -0.870. The maximum absolute atomic E-state index is 6.02. The maximum atomic E-state index is 6.02. The second-order valence-electron chi connectivity index (χ2n) is 3.97. The number of hydrogen-bond donors (Lipinski definition) is 0. The van der Waals surface area contributed by atoms with Crippen molar-refractivity contribution in [3.05, 3.63) is 40.4 Å². The topological polar surface area (TPSA) is 30.7 Å². The first-order chi connectivity index (χ1) is 8.69. The van der Waals surface area contributed by atoms with Gasteiger partial charge >= 0.3 is 0 Å². The van der Waals surface area contributed by atoms with Gasteiger partial charge in [0.05, 0.1) is 5.69 Å². The molecule has 1 aromatic heterocycles. The zero-order chi connectivity index (χ0) is 13.1. The molecule has 0 spiro atoms. The summed E-state index contributed by atoms with van der Waals surface area (Å²) in [6, 6.07) is 5.83. The lowest BCUT2D eigenvalue weighted by molar-refractivity contribution is 0.786. The van der Waals surface area contributed by atoms with Gasteiger partial charge in [0.2, 0.25) is 0 Å². The Morgan fingerprint density at radius 2 is 2.06 bits per heavy atom. The van der Waals surface area contributed by atoms with Gasteiger partial charge in [-0.05, 0) is 23.8 Å². The summed E-state index contributed by atoms with van der Waals surface area (Å²) < 4.78 is 1.92. The molecule has 0 N–H and O–H groups in total. The summed E-state index contributed by atoms with van der Waals surface area (Å²) in [4.78, 5) is 4.52. The summed E-state index contributed by atoms with van der Waals surface area (Å²) in [6.45, 7) is 4.15. The third kappa shape index (κ3) is 2.59. The van der Waals surface area contributed by atoms with E-state index in [1.807, 2.05) is 22.9 Å². The van der Waals surface area contributed by atoms with Crippen molar-refractivity contribution in [2.24, 2.45) is 0 Å². The number of hydrogen-bond acceptors (Lipinski definition) is 2. The molecule has 0 fully saturated rings.